The monoisotopic (exact) mass is 435 g/mol. The molecule has 0 aromatic heterocycles. The van der Waals surface area contributed by atoms with Crippen LogP contribution in [0.25, 0.3) is 0 Å². The van der Waals surface area contributed by atoms with Crippen molar-refractivity contribution in [3.8, 4) is 0 Å². The second-order valence-corrected chi connectivity index (χ2v) is 9.02. The van der Waals surface area contributed by atoms with Crippen LogP contribution < -0.4 is 15.4 Å². The number of hydrogen-bond donors (Lipinski definition) is 3. The molecule has 4 rings (SSSR count). The summed E-state index contributed by atoms with van der Waals surface area (Å²) in [7, 11) is -3.86. The average molecular weight is 436 g/mol. The van der Waals surface area contributed by atoms with Gasteiger partial charge in [-0.25, -0.2) is 8.42 Å². The summed E-state index contributed by atoms with van der Waals surface area (Å²) in [5.74, 6) is -0.642. The van der Waals surface area contributed by atoms with Gasteiger partial charge in [0.05, 0.1) is 4.90 Å². The Morgan fingerprint density at radius 2 is 1.77 bits per heavy atom. The molecule has 3 N–H and O–H groups in total. The number of nitrogens with one attached hydrogen (secondary N) is 3. The first-order chi connectivity index (χ1) is 14.8. The van der Waals surface area contributed by atoms with E-state index in [0.717, 1.165) is 17.5 Å². The van der Waals surface area contributed by atoms with E-state index in [2.05, 4.69) is 15.4 Å². The van der Waals surface area contributed by atoms with Gasteiger partial charge in [-0.15, -0.1) is 0 Å². The Morgan fingerprint density at radius 3 is 2.58 bits per heavy atom. The Balaban J connectivity index is 1.54. The Kier molecular flexibility index (Phi) is 5.48. The number of carbonyl (C=O) groups is 2. The fourth-order valence-corrected chi connectivity index (χ4v) is 4.51. The molecule has 0 fully saturated rings. The average Bonchev–Trinajstić information content (AvgIpc) is 2.74. The minimum absolute atomic E-state index is 0.0218. The van der Waals surface area contributed by atoms with Gasteiger partial charge in [-0.3, -0.25) is 14.3 Å². The molecule has 0 unspecified atom stereocenters. The summed E-state index contributed by atoms with van der Waals surface area (Å²) < 4.78 is 28.0. The maximum atomic E-state index is 12.8. The van der Waals surface area contributed by atoms with Crippen LogP contribution in [0.15, 0.2) is 71.6 Å². The summed E-state index contributed by atoms with van der Waals surface area (Å²) >= 11 is 0. The molecular weight excluding hydrogens is 414 g/mol. The summed E-state index contributed by atoms with van der Waals surface area (Å²) in [5.41, 5.74) is 3.48. The lowest BCUT2D eigenvalue weighted by Gasteiger charge is -2.17. The zero-order chi connectivity index (χ0) is 22.0. The largest absolute Gasteiger partial charge is 0.352 e. The quantitative estimate of drug-likeness (QED) is 0.572. The van der Waals surface area contributed by atoms with Crippen molar-refractivity contribution in [1.29, 1.82) is 0 Å². The molecule has 0 atom stereocenters. The van der Waals surface area contributed by atoms with Crippen molar-refractivity contribution in [3.63, 3.8) is 0 Å². The minimum atomic E-state index is -3.86. The van der Waals surface area contributed by atoms with Gasteiger partial charge in [-0.2, -0.15) is 0 Å². The lowest BCUT2D eigenvalue weighted by molar-refractivity contribution is 0.0944. The third-order valence-electron chi connectivity index (χ3n) is 4.97. The highest BCUT2D eigenvalue weighted by Crippen LogP contribution is 2.21. The van der Waals surface area contributed by atoms with E-state index in [1.165, 1.54) is 24.3 Å². The Labute approximate surface area is 180 Å². The van der Waals surface area contributed by atoms with E-state index < -0.39 is 15.9 Å². The number of anilines is 2. The fourth-order valence-electron chi connectivity index (χ4n) is 3.42. The van der Waals surface area contributed by atoms with E-state index in [1.54, 1.807) is 30.3 Å². The van der Waals surface area contributed by atoms with Gasteiger partial charge in [0.1, 0.15) is 0 Å². The third kappa shape index (κ3) is 4.59. The Morgan fingerprint density at radius 1 is 0.968 bits per heavy atom. The van der Waals surface area contributed by atoms with Crippen molar-refractivity contribution >= 4 is 33.2 Å². The van der Waals surface area contributed by atoms with E-state index in [9.17, 15) is 18.0 Å². The highest BCUT2D eigenvalue weighted by molar-refractivity contribution is 7.92. The summed E-state index contributed by atoms with van der Waals surface area (Å²) in [6.07, 6.45) is 0.739. The molecule has 3 aromatic rings. The molecule has 2 amide bonds. The molecule has 3 aromatic carbocycles. The summed E-state index contributed by atoms with van der Waals surface area (Å²) in [6, 6.07) is 18.0. The van der Waals surface area contributed by atoms with Crippen LogP contribution in [0.2, 0.25) is 0 Å². The first-order valence-electron chi connectivity index (χ1n) is 9.74. The molecule has 1 aliphatic heterocycles. The van der Waals surface area contributed by atoms with Crippen LogP contribution >= 0.6 is 0 Å². The molecule has 0 radical (unpaired) electrons. The normalized spacial score (nSPS) is 13.1. The van der Waals surface area contributed by atoms with Crippen molar-refractivity contribution in [2.75, 3.05) is 16.6 Å². The number of amides is 2. The van der Waals surface area contributed by atoms with Crippen molar-refractivity contribution in [2.45, 2.75) is 18.2 Å². The number of sulfonamides is 1. The van der Waals surface area contributed by atoms with E-state index in [-0.39, 0.29) is 16.4 Å². The Hall–Kier alpha value is -3.65. The van der Waals surface area contributed by atoms with Crippen LogP contribution in [0.4, 0.5) is 11.4 Å². The van der Waals surface area contributed by atoms with Crippen molar-refractivity contribution in [3.05, 3.63) is 89.0 Å². The molecule has 8 heteroatoms. The molecule has 1 aliphatic rings. The first kappa shape index (κ1) is 20.6. The van der Waals surface area contributed by atoms with Crippen LogP contribution in [0.5, 0.6) is 0 Å². The van der Waals surface area contributed by atoms with Gasteiger partial charge < -0.3 is 10.6 Å². The molecular formula is C23H21N3O4S. The van der Waals surface area contributed by atoms with Crippen molar-refractivity contribution in [2.24, 2.45) is 0 Å². The van der Waals surface area contributed by atoms with Crippen LogP contribution in [0.1, 0.15) is 31.8 Å². The topological polar surface area (TPSA) is 104 Å². The molecule has 0 saturated heterocycles. The minimum Gasteiger partial charge on any atom is -0.352 e. The van der Waals surface area contributed by atoms with Crippen molar-refractivity contribution < 1.29 is 18.0 Å². The first-order valence-corrected chi connectivity index (χ1v) is 11.2. The number of fused-ring (bicyclic) bond motifs is 1. The van der Waals surface area contributed by atoms with Crippen molar-refractivity contribution in [1.82, 2.24) is 5.32 Å². The third-order valence-corrected chi connectivity index (χ3v) is 6.35. The highest BCUT2D eigenvalue weighted by atomic mass is 32.2. The second-order valence-electron chi connectivity index (χ2n) is 7.33. The smallest absolute Gasteiger partial charge is 0.261 e. The standard InChI is InChI=1S/C23H21N3O4S/c1-15-4-2-6-19(12-15)26-31(29,30)20-7-3-5-17(13-20)22(27)25-18-9-8-16-10-11-24-23(28)21(16)14-18/h2-9,12-14,26H,10-11H2,1H3,(H,24,28)(H,25,27). The van der Waals surface area contributed by atoms with Gasteiger partial charge in [0.2, 0.25) is 0 Å². The van der Waals surface area contributed by atoms with E-state index in [4.69, 9.17) is 0 Å². The molecule has 1 heterocycles. The molecule has 0 bridgehead atoms. The van der Waals surface area contributed by atoms with Gasteiger partial charge in [0.25, 0.3) is 21.8 Å². The molecule has 0 aliphatic carbocycles. The predicted molar refractivity (Wildman–Crippen MR) is 119 cm³/mol. The second kappa shape index (κ2) is 8.23. The van der Waals surface area contributed by atoms with E-state index >= 15 is 0 Å². The predicted octanol–water partition coefficient (Wildman–Crippen LogP) is 3.33. The number of aryl methyl sites for hydroxylation is 1. The molecule has 158 valence electrons. The maximum Gasteiger partial charge on any atom is 0.261 e. The number of rotatable bonds is 5. The van der Waals surface area contributed by atoms with Crippen LogP contribution in [-0.2, 0) is 16.4 Å². The summed E-state index contributed by atoms with van der Waals surface area (Å²) in [5, 5.41) is 5.50. The molecule has 31 heavy (non-hydrogen) atoms. The summed E-state index contributed by atoms with van der Waals surface area (Å²) in [6.45, 7) is 2.46. The van der Waals surface area contributed by atoms with Gasteiger partial charge in [0, 0.05) is 29.0 Å². The molecule has 0 spiro atoms. The molecule has 7 nitrogen and oxygen atoms in total. The highest BCUT2D eigenvalue weighted by Gasteiger charge is 2.19. The van der Waals surface area contributed by atoms with E-state index in [0.29, 0.717) is 23.5 Å². The number of carbonyl (C=O) groups excluding carboxylic acids is 2. The number of hydrogen-bond acceptors (Lipinski definition) is 4. The maximum absolute atomic E-state index is 12.8. The SMILES string of the molecule is Cc1cccc(NS(=O)(=O)c2cccc(C(=O)Nc3ccc4c(c3)C(=O)NCC4)c2)c1. The van der Waals surface area contributed by atoms with Gasteiger partial charge in [-0.1, -0.05) is 24.3 Å². The lowest BCUT2D eigenvalue weighted by atomic mass is 10.00. The van der Waals surface area contributed by atoms with Crippen LogP contribution in [0, 0.1) is 6.92 Å². The van der Waals surface area contributed by atoms with Crippen LogP contribution in [0.3, 0.4) is 0 Å². The Bertz CT molecular complexity index is 1290. The summed E-state index contributed by atoms with van der Waals surface area (Å²) in [4.78, 5) is 24.7. The van der Waals surface area contributed by atoms with Crippen LogP contribution in [-0.4, -0.2) is 26.8 Å². The van der Waals surface area contributed by atoms with Gasteiger partial charge in [-0.05, 0) is 66.9 Å². The molecule has 0 saturated carbocycles. The number of benzene rings is 3. The fraction of sp³-hybridized carbons (Fsp3) is 0.130. The van der Waals surface area contributed by atoms with Gasteiger partial charge in [0.15, 0.2) is 0 Å². The van der Waals surface area contributed by atoms with Gasteiger partial charge >= 0.3 is 0 Å². The van der Waals surface area contributed by atoms with E-state index in [1.807, 2.05) is 19.1 Å². The zero-order valence-corrected chi connectivity index (χ0v) is 17.6. The zero-order valence-electron chi connectivity index (χ0n) is 16.8. The lowest BCUT2D eigenvalue weighted by Crippen LogP contribution is -2.31.